The van der Waals surface area contributed by atoms with E-state index in [1.165, 1.54) is 13.8 Å². The fourth-order valence-electron chi connectivity index (χ4n) is 6.80. The van der Waals surface area contributed by atoms with Crippen LogP contribution in [-0.2, 0) is 42.9 Å². The van der Waals surface area contributed by atoms with Crippen LogP contribution >= 0.6 is 0 Å². The molecule has 4 rings (SSSR count). The number of carbonyl (C=O) groups is 4. The minimum Gasteiger partial charge on any atom is -0.462 e. The van der Waals surface area contributed by atoms with Gasteiger partial charge in [0.1, 0.15) is 18.3 Å². The van der Waals surface area contributed by atoms with Crippen molar-refractivity contribution in [3.8, 4) is 0 Å². The van der Waals surface area contributed by atoms with E-state index in [0.717, 1.165) is 5.57 Å². The highest BCUT2D eigenvalue weighted by molar-refractivity contribution is 5.77. The zero-order valence-electron chi connectivity index (χ0n) is 22.4. The molecule has 1 saturated carbocycles. The first-order valence-electron chi connectivity index (χ1n) is 13.1. The van der Waals surface area contributed by atoms with E-state index in [1.807, 2.05) is 13.8 Å². The molecule has 3 fully saturated rings. The minimum atomic E-state index is -1.94. The molecular formula is C27H38O10. The first-order valence-corrected chi connectivity index (χ1v) is 13.1. The van der Waals surface area contributed by atoms with Crippen molar-refractivity contribution in [3.63, 3.8) is 0 Å². The molecule has 0 aromatic carbocycles. The summed E-state index contributed by atoms with van der Waals surface area (Å²) in [4.78, 5) is 50.3. The van der Waals surface area contributed by atoms with Crippen molar-refractivity contribution in [3.05, 3.63) is 11.6 Å². The molecule has 0 bridgehead atoms. The Morgan fingerprint density at radius 3 is 2.30 bits per heavy atom. The third kappa shape index (κ3) is 4.56. The predicted octanol–water partition coefficient (Wildman–Crippen LogP) is 2.39. The molecule has 2 aliphatic heterocycles. The van der Waals surface area contributed by atoms with Gasteiger partial charge in [0.25, 0.3) is 0 Å². The van der Waals surface area contributed by atoms with Crippen LogP contribution in [0.5, 0.6) is 0 Å². The Hall–Kier alpha value is -2.46. The van der Waals surface area contributed by atoms with Gasteiger partial charge in [-0.3, -0.25) is 19.2 Å². The number of aliphatic hydroxyl groups is 1. The van der Waals surface area contributed by atoms with Crippen molar-refractivity contribution in [1.82, 2.24) is 0 Å². The fraction of sp³-hybridized carbons (Fsp3) is 0.778. The molecule has 10 nitrogen and oxygen atoms in total. The van der Waals surface area contributed by atoms with Crippen molar-refractivity contribution in [1.29, 1.82) is 0 Å². The summed E-state index contributed by atoms with van der Waals surface area (Å²) in [5.41, 5.74) is -3.09. The van der Waals surface area contributed by atoms with E-state index < -0.39 is 76.7 Å². The van der Waals surface area contributed by atoms with Crippen LogP contribution in [0.1, 0.15) is 73.6 Å². The summed E-state index contributed by atoms with van der Waals surface area (Å²) in [6.45, 7) is 9.81. The second-order valence-corrected chi connectivity index (χ2v) is 11.2. The maximum Gasteiger partial charge on any atom is 0.312 e. The van der Waals surface area contributed by atoms with Crippen molar-refractivity contribution >= 4 is 23.9 Å². The zero-order chi connectivity index (χ0) is 27.3. The van der Waals surface area contributed by atoms with Crippen LogP contribution in [0.25, 0.3) is 0 Å². The van der Waals surface area contributed by atoms with Crippen LogP contribution in [0.2, 0.25) is 0 Å². The number of hydrogen-bond donors (Lipinski definition) is 1. The quantitative estimate of drug-likeness (QED) is 0.253. The molecule has 2 aliphatic carbocycles. The monoisotopic (exact) mass is 522 g/mol. The lowest BCUT2D eigenvalue weighted by Crippen LogP contribution is -2.69. The number of esters is 4. The van der Waals surface area contributed by atoms with E-state index in [4.69, 9.17) is 23.7 Å². The summed E-state index contributed by atoms with van der Waals surface area (Å²) in [6, 6.07) is 0. The molecule has 9 atom stereocenters. The second-order valence-electron chi connectivity index (χ2n) is 11.2. The topological polar surface area (TPSA) is 138 Å². The Bertz CT molecular complexity index is 999. The Kier molecular flexibility index (Phi) is 7.22. The van der Waals surface area contributed by atoms with Gasteiger partial charge in [0.2, 0.25) is 0 Å². The van der Waals surface area contributed by atoms with Gasteiger partial charge in [-0.1, -0.05) is 19.4 Å². The van der Waals surface area contributed by atoms with Gasteiger partial charge in [0.05, 0.1) is 23.5 Å². The average Bonchev–Trinajstić information content (AvgIpc) is 3.55. The van der Waals surface area contributed by atoms with Gasteiger partial charge in [-0.15, -0.1) is 0 Å². The number of rotatable bonds is 4. The van der Waals surface area contributed by atoms with Crippen LogP contribution in [-0.4, -0.2) is 71.2 Å². The van der Waals surface area contributed by atoms with Crippen molar-refractivity contribution < 1.29 is 48.0 Å². The molecule has 0 aromatic rings. The maximum atomic E-state index is 12.8. The highest BCUT2D eigenvalue weighted by Gasteiger charge is 2.74. The third-order valence-electron chi connectivity index (χ3n) is 8.87. The van der Waals surface area contributed by atoms with Crippen LogP contribution in [0.15, 0.2) is 11.6 Å². The molecule has 0 amide bonds. The second kappa shape index (κ2) is 9.69. The minimum absolute atomic E-state index is 0.144. The number of allylic oxidation sites excluding steroid dienone is 1. The zero-order valence-corrected chi connectivity index (χ0v) is 22.4. The van der Waals surface area contributed by atoms with E-state index in [1.54, 1.807) is 19.9 Å². The fourth-order valence-corrected chi connectivity index (χ4v) is 6.80. The summed E-state index contributed by atoms with van der Waals surface area (Å²) in [5, 5.41) is 12.4. The first-order chi connectivity index (χ1) is 17.3. The molecule has 1 N–H and O–H groups in total. The molecule has 2 heterocycles. The molecule has 0 radical (unpaired) electrons. The molecule has 37 heavy (non-hydrogen) atoms. The summed E-state index contributed by atoms with van der Waals surface area (Å²) in [5.74, 6) is -4.00. The van der Waals surface area contributed by atoms with Crippen LogP contribution in [0, 0.1) is 17.3 Å². The lowest BCUT2D eigenvalue weighted by Gasteiger charge is -2.56. The van der Waals surface area contributed by atoms with Crippen LogP contribution in [0.4, 0.5) is 0 Å². The molecule has 4 aliphatic rings. The molecule has 1 spiro atoms. The van der Waals surface area contributed by atoms with Crippen LogP contribution < -0.4 is 0 Å². The Labute approximate surface area is 217 Å². The van der Waals surface area contributed by atoms with E-state index in [0.29, 0.717) is 32.3 Å². The Morgan fingerprint density at radius 2 is 1.73 bits per heavy atom. The molecule has 0 aromatic heterocycles. The highest BCUT2D eigenvalue weighted by Crippen LogP contribution is 2.62. The number of carbonyl (C=O) groups excluding carboxylic acids is 4. The van der Waals surface area contributed by atoms with Gasteiger partial charge in [0.15, 0.2) is 11.7 Å². The van der Waals surface area contributed by atoms with Gasteiger partial charge < -0.3 is 28.8 Å². The summed E-state index contributed by atoms with van der Waals surface area (Å²) in [6.07, 6.45) is -0.246. The van der Waals surface area contributed by atoms with Gasteiger partial charge in [-0.2, -0.15) is 0 Å². The van der Waals surface area contributed by atoms with Gasteiger partial charge >= 0.3 is 23.9 Å². The lowest BCUT2D eigenvalue weighted by molar-refractivity contribution is -0.242. The van der Waals surface area contributed by atoms with Crippen molar-refractivity contribution in [2.75, 3.05) is 6.61 Å². The standard InChI is InChI=1S/C27H38O10/c1-7-21(30)36-18-9-8-14(2)12-20-27(32,15(3)24(31)37-20)23(35-17(5)29)22-25(18,6)19(34-16(4)28)10-11-26(22)13-33-26/h12,15,18-20,22-23,32H,7-11,13H2,1-6H3/b14-12-/t15-,18-,19-,20-,22+,23?,25-,26-,27-/m0/s1. The number of hydrogen-bond acceptors (Lipinski definition) is 10. The van der Waals surface area contributed by atoms with E-state index in [-0.39, 0.29) is 6.42 Å². The van der Waals surface area contributed by atoms with Gasteiger partial charge in [-0.25, -0.2) is 0 Å². The first kappa shape index (κ1) is 27.6. The molecule has 10 heteroatoms. The maximum absolute atomic E-state index is 12.8. The smallest absolute Gasteiger partial charge is 0.312 e. The summed E-state index contributed by atoms with van der Waals surface area (Å²) >= 11 is 0. The van der Waals surface area contributed by atoms with Gasteiger partial charge in [-0.05, 0) is 45.6 Å². The molecule has 2 saturated heterocycles. The number of epoxide rings is 1. The molecular weight excluding hydrogens is 484 g/mol. The van der Waals surface area contributed by atoms with Gasteiger partial charge in [0, 0.05) is 26.2 Å². The Morgan fingerprint density at radius 1 is 1.11 bits per heavy atom. The SMILES string of the molecule is CCC(=O)O[C@H]1CC/C(C)=C\[C@@H]2OC(=O)[C@H](C)[C@@]2(O)C(OC(C)=O)[C@H]2[C@]3(CC[C@H](OC(C)=O)[C@]12C)CO3. The third-order valence-corrected chi connectivity index (χ3v) is 8.87. The summed E-state index contributed by atoms with van der Waals surface area (Å²) in [7, 11) is 0. The number of fused-ring (bicyclic) bond motifs is 3. The predicted molar refractivity (Wildman–Crippen MR) is 128 cm³/mol. The number of ether oxygens (including phenoxy) is 5. The van der Waals surface area contributed by atoms with E-state index in [9.17, 15) is 24.3 Å². The normalized spacial score (nSPS) is 44.4. The average molecular weight is 523 g/mol. The van der Waals surface area contributed by atoms with Crippen molar-refractivity contribution in [2.45, 2.75) is 109 Å². The molecule has 206 valence electrons. The molecule has 1 unspecified atom stereocenters. The Balaban J connectivity index is 1.99. The summed E-state index contributed by atoms with van der Waals surface area (Å²) < 4.78 is 29.5. The van der Waals surface area contributed by atoms with E-state index in [2.05, 4.69) is 0 Å². The van der Waals surface area contributed by atoms with Crippen LogP contribution in [0.3, 0.4) is 0 Å². The van der Waals surface area contributed by atoms with E-state index >= 15 is 0 Å². The largest absolute Gasteiger partial charge is 0.462 e. The lowest BCUT2D eigenvalue weighted by atomic mass is 9.52. The highest BCUT2D eigenvalue weighted by atomic mass is 16.6. The van der Waals surface area contributed by atoms with Crippen molar-refractivity contribution in [2.24, 2.45) is 17.3 Å².